The molecule has 0 atom stereocenters. The van der Waals surface area contributed by atoms with Gasteiger partial charge in [-0.05, 0) is 202 Å². The first kappa shape index (κ1) is 97.5. The summed E-state index contributed by atoms with van der Waals surface area (Å²) in [6.07, 6.45) is 8.15. The van der Waals surface area contributed by atoms with Crippen LogP contribution in [-0.4, -0.2) is 216 Å². The third kappa shape index (κ3) is 23.7. The number of rotatable bonds is 30. The van der Waals surface area contributed by atoms with E-state index in [1.165, 1.54) is 48.9 Å². The van der Waals surface area contributed by atoms with E-state index < -0.39 is 34.1 Å². The standard InChI is InChI=1S/C35H45ClN7O2P.C33H37ClF3N6O2P.C31H32ClN6O3P/c1-24-19-29(31(45-4)20-30(24)43-15-13-35(14-16-43)22-42(23-35)18-17-41(2)3)39-34-37-21-27(36)33(40-34)38-28-12-11-25-9-7-8-10-26(25)32(28)46(5,6)44;1-21-15-26(28(45-2)16-27(21)43-13-11-32(12-14-43)18-42(19-32)20-33(35,36)37)40-31-38-17-24(34)30(41-31)39-25-10-9-22-7-5-6-8-23(22)29(25)46(3,4)44;1-40-28-13-11-23(41-16-15-34-19-21-7-6-14-33-18-21)17-27(28)37-31-35-20-25(32)30(38-31)36-26-12-10-22-8-4-5-9-24(22)29(26)42(2,3)39/h7-12,19-21H,13-18,22-23H2,1-6H3,(H2,37,38,39,40);5-10,15-17H,11-14,18-20H2,1-4H3,(H2,38,39,40,41);4-14,17-18,20,34H,15-16,19H2,1-3H3,(H2,35,36,37,38). The van der Waals surface area contributed by atoms with Crippen molar-refractivity contribution in [2.45, 2.75) is 52.3 Å². The summed E-state index contributed by atoms with van der Waals surface area (Å²) < 4.78 is 102. The number of likely N-dealkylation sites (N-methyl/N-ethyl adjacent to an activating group) is 1. The van der Waals surface area contributed by atoms with Crippen molar-refractivity contribution in [2.24, 2.45) is 10.8 Å². The molecule has 2 spiro atoms. The minimum absolute atomic E-state index is 0.0301. The van der Waals surface area contributed by atoms with Crippen LogP contribution >= 0.6 is 56.2 Å². The molecule has 35 heteroatoms. The highest BCUT2D eigenvalue weighted by atomic mass is 35.5. The Hall–Kier alpha value is -11.1. The van der Waals surface area contributed by atoms with E-state index in [1.54, 1.807) is 73.7 Å². The summed E-state index contributed by atoms with van der Waals surface area (Å²) in [5, 5.41) is 32.1. The van der Waals surface area contributed by atoms with Crippen LogP contribution in [0.5, 0.6) is 23.0 Å². The second-order valence-electron chi connectivity index (χ2n) is 36.2. The molecule has 4 aliphatic rings. The molecule has 8 heterocycles. The number of likely N-dealkylation sites (tertiary alicyclic amines) is 2. The number of aryl methyl sites for hydroxylation is 2. The molecule has 4 fully saturated rings. The third-order valence-corrected chi connectivity index (χ3v) is 30.2. The van der Waals surface area contributed by atoms with Gasteiger partial charge in [-0.1, -0.05) is 132 Å². The van der Waals surface area contributed by atoms with Gasteiger partial charge in [0, 0.05) is 136 Å². The fourth-order valence-corrected chi connectivity index (χ4v) is 23.2. The number of aromatic nitrogens is 7. The monoisotopic (exact) mass is 1940 g/mol. The molecule has 704 valence electrons. The van der Waals surface area contributed by atoms with E-state index in [0.717, 1.165) is 134 Å². The maximum Gasteiger partial charge on any atom is 0.401 e. The third-order valence-electron chi connectivity index (χ3n) is 24.7. The average Bonchev–Trinajstić information content (AvgIpc) is 0.765. The molecule has 26 nitrogen and oxygen atoms in total. The van der Waals surface area contributed by atoms with Crippen LogP contribution in [0.2, 0.25) is 15.1 Å². The minimum Gasteiger partial charge on any atom is -0.495 e. The number of benzene rings is 9. The first-order valence-corrected chi connectivity index (χ1v) is 53.3. The molecule has 13 aromatic rings. The Labute approximate surface area is 795 Å². The van der Waals surface area contributed by atoms with Gasteiger partial charge in [-0.2, -0.15) is 28.1 Å². The zero-order chi connectivity index (χ0) is 95.0. The zero-order valence-corrected chi connectivity index (χ0v) is 82.5. The van der Waals surface area contributed by atoms with Gasteiger partial charge in [0.1, 0.15) is 66.1 Å². The molecule has 4 saturated heterocycles. The van der Waals surface area contributed by atoms with Gasteiger partial charge in [-0.25, -0.2) is 15.0 Å². The maximum absolute atomic E-state index is 13.4. The Morgan fingerprint density at radius 1 is 0.463 bits per heavy atom. The summed E-state index contributed by atoms with van der Waals surface area (Å²) in [7, 11) is 1.14. The predicted octanol–water partition coefficient (Wildman–Crippen LogP) is 21.2. The Balaban J connectivity index is 0.000000153. The summed E-state index contributed by atoms with van der Waals surface area (Å²) >= 11 is 19.6. The molecule has 0 radical (unpaired) electrons. The number of piperidine rings is 2. The molecule has 0 unspecified atom stereocenters. The van der Waals surface area contributed by atoms with Crippen LogP contribution in [0.15, 0.2) is 195 Å². The second kappa shape index (κ2) is 41.6. The van der Waals surface area contributed by atoms with E-state index in [4.69, 9.17) is 58.7 Å². The number of fused-ring (bicyclic) bond motifs is 3. The fourth-order valence-electron chi connectivity index (χ4n) is 18.3. The predicted molar refractivity (Wildman–Crippen MR) is 545 cm³/mol. The number of anilines is 14. The first-order chi connectivity index (χ1) is 64.0. The van der Waals surface area contributed by atoms with Crippen LogP contribution in [-0.2, 0) is 20.2 Å². The number of methoxy groups -OCH3 is 3. The molecular formula is C99H114Cl3F3N19O7P3. The lowest BCUT2D eigenvalue weighted by Gasteiger charge is -2.54. The van der Waals surface area contributed by atoms with E-state index in [-0.39, 0.29) is 5.41 Å². The quantitative estimate of drug-likeness (QED) is 0.0163. The first-order valence-electron chi connectivity index (χ1n) is 44.4. The number of nitrogens with one attached hydrogen (secondary N) is 7. The number of halogens is 6. The van der Waals surface area contributed by atoms with Crippen molar-refractivity contribution in [2.75, 3.05) is 202 Å². The highest BCUT2D eigenvalue weighted by Gasteiger charge is 2.49. The number of alkyl halides is 3. The van der Waals surface area contributed by atoms with Gasteiger partial charge in [0.15, 0.2) is 17.5 Å². The zero-order valence-electron chi connectivity index (χ0n) is 77.5. The molecule has 0 amide bonds. The van der Waals surface area contributed by atoms with Crippen molar-refractivity contribution >= 4 is 185 Å². The molecular weight excluding hydrogens is 1820 g/mol. The summed E-state index contributed by atoms with van der Waals surface area (Å²) in [5.74, 6) is 4.73. The molecule has 4 aromatic heterocycles. The Bertz CT molecular complexity index is 6570. The van der Waals surface area contributed by atoms with Crippen molar-refractivity contribution in [1.82, 2.24) is 54.9 Å². The van der Waals surface area contributed by atoms with Gasteiger partial charge < -0.3 is 89.5 Å². The molecule has 9 aromatic carbocycles. The van der Waals surface area contributed by atoms with Gasteiger partial charge in [-0.3, -0.25) is 9.88 Å². The second-order valence-corrected chi connectivity index (χ2v) is 46.9. The van der Waals surface area contributed by atoms with Gasteiger partial charge in [-0.15, -0.1) is 0 Å². The van der Waals surface area contributed by atoms with Gasteiger partial charge >= 0.3 is 6.18 Å². The van der Waals surface area contributed by atoms with Crippen LogP contribution in [0.3, 0.4) is 0 Å². The van der Waals surface area contributed by atoms with Crippen LogP contribution in [0.1, 0.15) is 42.4 Å². The number of pyridine rings is 1. The van der Waals surface area contributed by atoms with Crippen LogP contribution in [0, 0.1) is 24.7 Å². The van der Waals surface area contributed by atoms with Crippen LogP contribution in [0.4, 0.5) is 94.0 Å². The maximum atomic E-state index is 13.4. The van der Waals surface area contributed by atoms with E-state index >= 15 is 0 Å². The number of hydrogen-bond acceptors (Lipinski definition) is 26. The normalized spacial score (nSPS) is 15.0. The molecule has 17 rings (SSSR count). The van der Waals surface area contributed by atoms with E-state index in [0.29, 0.717) is 134 Å². The van der Waals surface area contributed by atoms with E-state index in [2.05, 4.69) is 120 Å². The molecule has 0 bridgehead atoms. The van der Waals surface area contributed by atoms with E-state index in [1.807, 2.05) is 165 Å². The van der Waals surface area contributed by atoms with Crippen LogP contribution < -0.4 is 81.9 Å². The van der Waals surface area contributed by atoms with Gasteiger partial charge in [0.05, 0.1) is 80.6 Å². The lowest BCUT2D eigenvalue weighted by molar-refractivity contribution is -0.171. The lowest BCUT2D eigenvalue weighted by atomic mass is 9.72. The molecule has 7 N–H and O–H groups in total. The highest BCUT2D eigenvalue weighted by Crippen LogP contribution is 2.50. The molecule has 0 aliphatic carbocycles. The average molecular weight is 1940 g/mol. The topological polar surface area (TPSA) is 279 Å². The molecule has 134 heavy (non-hydrogen) atoms. The van der Waals surface area contributed by atoms with Crippen molar-refractivity contribution in [3.8, 4) is 23.0 Å². The number of hydrogen-bond donors (Lipinski definition) is 7. The Morgan fingerprint density at radius 2 is 0.858 bits per heavy atom. The van der Waals surface area contributed by atoms with Gasteiger partial charge in [0.25, 0.3) is 0 Å². The summed E-state index contributed by atoms with van der Waals surface area (Å²) in [6, 6.07) is 53.0. The highest BCUT2D eigenvalue weighted by molar-refractivity contribution is 7.71. The molecule has 4 aliphatic heterocycles. The van der Waals surface area contributed by atoms with Crippen molar-refractivity contribution in [3.05, 3.63) is 227 Å². The Kier molecular flexibility index (Phi) is 30.3. The van der Waals surface area contributed by atoms with Crippen molar-refractivity contribution < 1.29 is 45.8 Å². The minimum atomic E-state index is -4.16. The smallest absolute Gasteiger partial charge is 0.401 e. The summed E-state index contributed by atoms with van der Waals surface area (Å²) in [6.45, 7) is 25.1. The van der Waals surface area contributed by atoms with E-state index in [9.17, 15) is 26.9 Å². The Morgan fingerprint density at radius 3 is 1.23 bits per heavy atom. The summed E-state index contributed by atoms with van der Waals surface area (Å²) in [4.78, 5) is 42.4. The summed E-state index contributed by atoms with van der Waals surface area (Å²) in [5.41, 5.74) is 10.1. The van der Waals surface area contributed by atoms with Gasteiger partial charge in [0.2, 0.25) is 17.8 Å². The lowest BCUT2D eigenvalue weighted by Crippen LogP contribution is -2.61. The largest absolute Gasteiger partial charge is 0.495 e. The fraction of sp³-hybridized carbons (Fsp3) is 0.343. The van der Waals surface area contributed by atoms with Crippen LogP contribution in [0.25, 0.3) is 32.3 Å². The van der Waals surface area contributed by atoms with Crippen molar-refractivity contribution in [1.29, 1.82) is 0 Å². The number of nitrogens with zero attached hydrogens (tertiary/aromatic N) is 12. The number of ether oxygens (including phenoxy) is 4. The van der Waals surface area contributed by atoms with Crippen molar-refractivity contribution in [3.63, 3.8) is 0 Å². The SMILES string of the molecule is COc1cc(N2CCC3(CC2)CN(CC(F)(F)F)C3)c(C)cc1Nc1ncc(Cl)c(Nc2ccc3ccccc3c2P(C)(C)=O)n1.COc1cc(N2CCC3(CC2)CN(CCN(C)C)C3)c(C)cc1Nc1ncc(Cl)c(Nc2ccc3ccccc3c2P(C)(C)=O)n1.COc1ccc(OCCNCc2cccnc2)cc1Nc1ncc(Cl)c(Nc2ccc3ccccc3c2P(C)(C)=O)n1. The molecule has 0 saturated carbocycles.